The fourth-order valence-electron chi connectivity index (χ4n) is 1.50. The number of nitrogens with zero attached hydrogens (tertiary/aromatic N) is 1. The van der Waals surface area contributed by atoms with Crippen LogP contribution in [-0.2, 0) is 0 Å². The molecule has 2 aromatic rings. The van der Waals surface area contributed by atoms with Gasteiger partial charge in [-0.3, -0.25) is 0 Å². The molecule has 0 aliphatic rings. The molecule has 0 saturated carbocycles. The normalized spacial score (nSPS) is 9.89. The second-order valence-corrected chi connectivity index (χ2v) is 4.58. The van der Waals surface area contributed by atoms with Gasteiger partial charge in [-0.05, 0) is 42.8 Å². The minimum absolute atomic E-state index is 0.444. The zero-order valence-electron chi connectivity index (χ0n) is 9.58. The van der Waals surface area contributed by atoms with Crippen LogP contribution in [0.5, 0.6) is 11.5 Å². The zero-order chi connectivity index (χ0) is 13.1. The van der Waals surface area contributed by atoms with E-state index in [1.54, 1.807) is 36.4 Å². The first kappa shape index (κ1) is 12.8. The summed E-state index contributed by atoms with van der Waals surface area (Å²) in [5.74, 6) is 1.26. The molecule has 0 radical (unpaired) electrons. The first-order chi connectivity index (χ1) is 8.60. The van der Waals surface area contributed by atoms with Gasteiger partial charge in [-0.25, -0.2) is 0 Å². The Balaban J connectivity index is 2.26. The summed E-state index contributed by atoms with van der Waals surface area (Å²) in [6.45, 7) is 1.86. The first-order valence-electron chi connectivity index (χ1n) is 5.24. The van der Waals surface area contributed by atoms with Crippen molar-refractivity contribution in [3.8, 4) is 17.6 Å². The number of benzene rings is 2. The Morgan fingerprint density at radius 3 is 2.28 bits per heavy atom. The number of hydrogen-bond donors (Lipinski definition) is 0. The Bertz CT molecular complexity index is 632. The standard InChI is InChI=1S/C14H9Cl2NO/c1-9-6-11(3-2-10(9)8-17)18-12-4-5-13(15)14(16)7-12/h2-7H,1H3. The third-order valence-electron chi connectivity index (χ3n) is 2.45. The number of aryl methyl sites for hydroxylation is 1. The van der Waals surface area contributed by atoms with E-state index in [1.807, 2.05) is 6.92 Å². The highest BCUT2D eigenvalue weighted by Crippen LogP contribution is 2.30. The summed E-state index contributed by atoms with van der Waals surface area (Å²) in [5.41, 5.74) is 1.51. The Hall–Kier alpha value is -1.69. The maximum absolute atomic E-state index is 8.84. The molecule has 0 aliphatic heterocycles. The monoisotopic (exact) mass is 277 g/mol. The summed E-state index contributed by atoms with van der Waals surface area (Å²) >= 11 is 11.7. The van der Waals surface area contributed by atoms with Gasteiger partial charge in [-0.2, -0.15) is 5.26 Å². The van der Waals surface area contributed by atoms with Crippen LogP contribution < -0.4 is 4.74 Å². The van der Waals surface area contributed by atoms with E-state index < -0.39 is 0 Å². The lowest BCUT2D eigenvalue weighted by Crippen LogP contribution is -1.87. The second kappa shape index (κ2) is 5.30. The average Bonchev–Trinajstić information content (AvgIpc) is 2.34. The molecule has 0 amide bonds. The number of nitriles is 1. The van der Waals surface area contributed by atoms with Crippen LogP contribution in [0.2, 0.25) is 10.0 Å². The van der Waals surface area contributed by atoms with Crippen LogP contribution in [0.25, 0.3) is 0 Å². The van der Waals surface area contributed by atoms with E-state index in [0.717, 1.165) is 5.56 Å². The van der Waals surface area contributed by atoms with Crippen molar-refractivity contribution in [1.82, 2.24) is 0 Å². The summed E-state index contributed by atoms with van der Waals surface area (Å²) in [7, 11) is 0. The molecule has 0 N–H and O–H groups in total. The molecule has 90 valence electrons. The van der Waals surface area contributed by atoms with Gasteiger partial charge in [-0.15, -0.1) is 0 Å². The summed E-state index contributed by atoms with van der Waals surface area (Å²) < 4.78 is 5.64. The van der Waals surface area contributed by atoms with Gasteiger partial charge in [0.2, 0.25) is 0 Å². The van der Waals surface area contributed by atoms with Crippen LogP contribution in [0.3, 0.4) is 0 Å². The third kappa shape index (κ3) is 2.76. The first-order valence-corrected chi connectivity index (χ1v) is 5.99. The average molecular weight is 278 g/mol. The van der Waals surface area contributed by atoms with Crippen LogP contribution in [0.15, 0.2) is 36.4 Å². The van der Waals surface area contributed by atoms with Crippen LogP contribution in [-0.4, -0.2) is 0 Å². The summed E-state index contributed by atoms with van der Waals surface area (Å²) in [4.78, 5) is 0. The van der Waals surface area contributed by atoms with E-state index in [-0.39, 0.29) is 0 Å². The van der Waals surface area contributed by atoms with Gasteiger partial charge < -0.3 is 4.74 Å². The van der Waals surface area contributed by atoms with Crippen molar-refractivity contribution in [1.29, 1.82) is 5.26 Å². The highest BCUT2D eigenvalue weighted by Gasteiger charge is 2.04. The molecule has 18 heavy (non-hydrogen) atoms. The van der Waals surface area contributed by atoms with Crippen LogP contribution >= 0.6 is 23.2 Å². The van der Waals surface area contributed by atoms with E-state index in [9.17, 15) is 0 Å². The molecule has 0 fully saturated rings. The van der Waals surface area contributed by atoms with E-state index in [4.69, 9.17) is 33.2 Å². The summed E-state index contributed by atoms with van der Waals surface area (Å²) in [6, 6.07) is 12.4. The van der Waals surface area contributed by atoms with Crippen molar-refractivity contribution in [2.75, 3.05) is 0 Å². The highest BCUT2D eigenvalue weighted by atomic mass is 35.5. The molecule has 0 unspecified atom stereocenters. The van der Waals surface area contributed by atoms with Crippen LogP contribution in [0, 0.1) is 18.3 Å². The topological polar surface area (TPSA) is 33.0 Å². The van der Waals surface area contributed by atoms with Gasteiger partial charge in [0.25, 0.3) is 0 Å². The van der Waals surface area contributed by atoms with Gasteiger partial charge in [0.05, 0.1) is 21.7 Å². The van der Waals surface area contributed by atoms with Gasteiger partial charge in [0, 0.05) is 6.07 Å². The number of rotatable bonds is 2. The fraction of sp³-hybridized carbons (Fsp3) is 0.0714. The Morgan fingerprint density at radius 1 is 1.00 bits per heavy atom. The lowest BCUT2D eigenvalue weighted by molar-refractivity contribution is 0.482. The summed E-state index contributed by atoms with van der Waals surface area (Å²) in [5, 5.41) is 9.77. The molecule has 4 heteroatoms. The highest BCUT2D eigenvalue weighted by molar-refractivity contribution is 6.42. The van der Waals surface area contributed by atoms with E-state index in [0.29, 0.717) is 27.1 Å². The van der Waals surface area contributed by atoms with Crippen molar-refractivity contribution >= 4 is 23.2 Å². The van der Waals surface area contributed by atoms with Crippen molar-refractivity contribution in [3.05, 3.63) is 57.6 Å². The largest absolute Gasteiger partial charge is 0.457 e. The smallest absolute Gasteiger partial charge is 0.129 e. The Labute approximate surface area is 115 Å². The molecule has 2 aromatic carbocycles. The Kier molecular flexibility index (Phi) is 3.76. The number of hydrogen-bond acceptors (Lipinski definition) is 2. The SMILES string of the molecule is Cc1cc(Oc2ccc(Cl)c(Cl)c2)ccc1C#N. The zero-order valence-corrected chi connectivity index (χ0v) is 11.1. The van der Waals surface area contributed by atoms with E-state index in [1.165, 1.54) is 0 Å². The molecular formula is C14H9Cl2NO. The van der Waals surface area contributed by atoms with E-state index >= 15 is 0 Å². The number of ether oxygens (including phenoxy) is 1. The minimum Gasteiger partial charge on any atom is -0.457 e. The maximum atomic E-state index is 8.84. The molecule has 0 atom stereocenters. The minimum atomic E-state index is 0.444. The third-order valence-corrected chi connectivity index (χ3v) is 3.18. The van der Waals surface area contributed by atoms with Crippen molar-refractivity contribution < 1.29 is 4.74 Å². The molecule has 0 bridgehead atoms. The Morgan fingerprint density at radius 2 is 1.67 bits per heavy atom. The molecular weight excluding hydrogens is 269 g/mol. The lowest BCUT2D eigenvalue weighted by Gasteiger charge is -2.08. The van der Waals surface area contributed by atoms with Crippen LogP contribution in [0.1, 0.15) is 11.1 Å². The van der Waals surface area contributed by atoms with Crippen molar-refractivity contribution in [2.45, 2.75) is 6.92 Å². The predicted octanol–water partition coefficient (Wildman–Crippen LogP) is 4.97. The molecule has 0 aromatic heterocycles. The molecule has 2 rings (SSSR count). The van der Waals surface area contributed by atoms with Crippen molar-refractivity contribution in [3.63, 3.8) is 0 Å². The molecule has 0 heterocycles. The van der Waals surface area contributed by atoms with Gasteiger partial charge in [-0.1, -0.05) is 23.2 Å². The number of halogens is 2. The summed E-state index contributed by atoms with van der Waals surface area (Å²) in [6.07, 6.45) is 0. The van der Waals surface area contributed by atoms with Gasteiger partial charge >= 0.3 is 0 Å². The molecule has 0 aliphatic carbocycles. The molecule has 0 spiro atoms. The molecule has 0 saturated heterocycles. The van der Waals surface area contributed by atoms with Gasteiger partial charge in [0.15, 0.2) is 0 Å². The lowest BCUT2D eigenvalue weighted by atomic mass is 10.1. The second-order valence-electron chi connectivity index (χ2n) is 3.77. The van der Waals surface area contributed by atoms with Gasteiger partial charge in [0.1, 0.15) is 11.5 Å². The van der Waals surface area contributed by atoms with E-state index in [2.05, 4.69) is 6.07 Å². The maximum Gasteiger partial charge on any atom is 0.129 e. The van der Waals surface area contributed by atoms with Crippen molar-refractivity contribution in [2.24, 2.45) is 0 Å². The molecule has 2 nitrogen and oxygen atoms in total. The predicted molar refractivity (Wildman–Crippen MR) is 72.4 cm³/mol. The van der Waals surface area contributed by atoms with Crippen LogP contribution in [0.4, 0.5) is 0 Å². The fourth-order valence-corrected chi connectivity index (χ4v) is 1.79. The quantitative estimate of drug-likeness (QED) is 0.777.